The Bertz CT molecular complexity index is 332. The molecule has 0 bridgehead atoms. The molecule has 0 fully saturated rings. The van der Waals surface area contributed by atoms with Gasteiger partial charge in [0.1, 0.15) is 12.1 Å². The number of aromatic nitrogens is 1. The number of nitrogens with zero attached hydrogens (tertiary/aromatic N) is 1. The number of rotatable bonds is 3. The van der Waals surface area contributed by atoms with Crippen LogP contribution in [0.3, 0.4) is 0 Å². The SMILES string of the molecule is Cc1ccc(N)nc1C=CCC=O. The van der Waals surface area contributed by atoms with Crippen molar-refractivity contribution in [3.8, 4) is 0 Å². The molecule has 0 saturated heterocycles. The van der Waals surface area contributed by atoms with Gasteiger partial charge in [-0.15, -0.1) is 0 Å². The van der Waals surface area contributed by atoms with E-state index in [4.69, 9.17) is 5.73 Å². The molecule has 13 heavy (non-hydrogen) atoms. The van der Waals surface area contributed by atoms with Gasteiger partial charge in [-0.1, -0.05) is 12.1 Å². The fourth-order valence-corrected chi connectivity index (χ4v) is 0.964. The van der Waals surface area contributed by atoms with Gasteiger partial charge in [-0.25, -0.2) is 4.98 Å². The Kier molecular flexibility index (Phi) is 3.20. The van der Waals surface area contributed by atoms with Gasteiger partial charge in [0.05, 0.1) is 5.69 Å². The lowest BCUT2D eigenvalue weighted by Gasteiger charge is -1.99. The van der Waals surface area contributed by atoms with Crippen molar-refractivity contribution in [1.29, 1.82) is 0 Å². The van der Waals surface area contributed by atoms with Gasteiger partial charge in [-0.05, 0) is 24.6 Å². The maximum atomic E-state index is 10.1. The number of carbonyl (C=O) groups is 1. The van der Waals surface area contributed by atoms with Crippen molar-refractivity contribution < 1.29 is 4.79 Å². The molecule has 0 aromatic carbocycles. The first-order valence-corrected chi connectivity index (χ1v) is 4.07. The van der Waals surface area contributed by atoms with Crippen LogP contribution in [-0.2, 0) is 4.79 Å². The average Bonchev–Trinajstić information content (AvgIpc) is 2.11. The third-order valence-electron chi connectivity index (χ3n) is 1.67. The smallest absolute Gasteiger partial charge is 0.124 e. The van der Waals surface area contributed by atoms with Crippen molar-refractivity contribution in [1.82, 2.24) is 4.98 Å². The Balaban J connectivity index is 2.86. The summed E-state index contributed by atoms with van der Waals surface area (Å²) in [6.45, 7) is 1.95. The predicted octanol–water partition coefficient (Wildman–Crippen LogP) is 1.57. The van der Waals surface area contributed by atoms with Gasteiger partial charge in [-0.2, -0.15) is 0 Å². The van der Waals surface area contributed by atoms with Crippen LogP contribution in [0.5, 0.6) is 0 Å². The van der Waals surface area contributed by atoms with Crippen LogP contribution in [0.2, 0.25) is 0 Å². The number of nitrogens with two attached hydrogens (primary N) is 1. The highest BCUT2D eigenvalue weighted by Gasteiger charge is 1.95. The lowest BCUT2D eigenvalue weighted by molar-refractivity contribution is -0.107. The lowest BCUT2D eigenvalue weighted by Crippen LogP contribution is -1.93. The molecule has 0 unspecified atom stereocenters. The monoisotopic (exact) mass is 176 g/mol. The zero-order chi connectivity index (χ0) is 9.68. The van der Waals surface area contributed by atoms with E-state index in [0.717, 1.165) is 17.5 Å². The fourth-order valence-electron chi connectivity index (χ4n) is 0.964. The van der Waals surface area contributed by atoms with Crippen LogP contribution >= 0.6 is 0 Å². The zero-order valence-corrected chi connectivity index (χ0v) is 7.53. The number of aldehydes is 1. The lowest BCUT2D eigenvalue weighted by atomic mass is 10.2. The summed E-state index contributed by atoms with van der Waals surface area (Å²) in [4.78, 5) is 14.2. The molecular formula is C10H12N2O. The van der Waals surface area contributed by atoms with Crippen molar-refractivity contribution in [3.05, 3.63) is 29.5 Å². The number of carbonyl (C=O) groups excluding carboxylic acids is 1. The third-order valence-corrected chi connectivity index (χ3v) is 1.67. The summed E-state index contributed by atoms with van der Waals surface area (Å²) in [5, 5.41) is 0. The van der Waals surface area contributed by atoms with Crippen molar-refractivity contribution in [2.75, 3.05) is 5.73 Å². The molecule has 0 aliphatic carbocycles. The number of hydrogen-bond donors (Lipinski definition) is 1. The Hall–Kier alpha value is -1.64. The van der Waals surface area contributed by atoms with Gasteiger partial charge in [-0.3, -0.25) is 0 Å². The number of allylic oxidation sites excluding steroid dienone is 1. The van der Waals surface area contributed by atoms with Crippen molar-refractivity contribution in [3.63, 3.8) is 0 Å². The summed E-state index contributed by atoms with van der Waals surface area (Å²) < 4.78 is 0. The summed E-state index contributed by atoms with van der Waals surface area (Å²) in [6, 6.07) is 3.66. The van der Waals surface area contributed by atoms with Crippen LogP contribution in [0.15, 0.2) is 18.2 Å². The van der Waals surface area contributed by atoms with Gasteiger partial charge in [0.15, 0.2) is 0 Å². The van der Waals surface area contributed by atoms with Gasteiger partial charge >= 0.3 is 0 Å². The van der Waals surface area contributed by atoms with Crippen LogP contribution in [0.4, 0.5) is 5.82 Å². The van der Waals surface area contributed by atoms with E-state index in [9.17, 15) is 4.79 Å². The van der Waals surface area contributed by atoms with E-state index in [1.165, 1.54) is 0 Å². The molecule has 68 valence electrons. The summed E-state index contributed by atoms with van der Waals surface area (Å²) in [6.07, 6.45) is 4.83. The molecule has 1 aromatic rings. The standard InChI is InChI=1S/C10H12N2O/c1-8-5-6-10(11)12-9(8)4-2-3-7-13/h2,4-7H,3H2,1H3,(H2,11,12). The molecule has 0 radical (unpaired) electrons. The number of aryl methyl sites for hydroxylation is 1. The van der Waals surface area contributed by atoms with E-state index in [1.54, 1.807) is 18.2 Å². The van der Waals surface area contributed by atoms with Crippen molar-refractivity contribution >= 4 is 18.2 Å². The Morgan fingerprint density at radius 3 is 3.00 bits per heavy atom. The molecule has 3 nitrogen and oxygen atoms in total. The van der Waals surface area contributed by atoms with Crippen LogP contribution in [0, 0.1) is 6.92 Å². The minimum atomic E-state index is 0.413. The predicted molar refractivity (Wildman–Crippen MR) is 53.1 cm³/mol. The molecule has 2 N–H and O–H groups in total. The molecule has 0 amide bonds. The number of hydrogen-bond acceptors (Lipinski definition) is 3. The molecule has 0 aliphatic heterocycles. The first-order valence-electron chi connectivity index (χ1n) is 4.07. The molecule has 0 spiro atoms. The highest BCUT2D eigenvalue weighted by Crippen LogP contribution is 2.09. The second kappa shape index (κ2) is 4.40. The van der Waals surface area contributed by atoms with Crippen LogP contribution in [0.1, 0.15) is 17.7 Å². The largest absolute Gasteiger partial charge is 0.384 e. The van der Waals surface area contributed by atoms with Gasteiger partial charge in [0, 0.05) is 6.42 Å². The Morgan fingerprint density at radius 2 is 2.31 bits per heavy atom. The maximum Gasteiger partial charge on any atom is 0.124 e. The first kappa shape index (κ1) is 9.45. The molecule has 0 atom stereocenters. The number of pyridine rings is 1. The summed E-state index contributed by atoms with van der Waals surface area (Å²) >= 11 is 0. The van der Waals surface area contributed by atoms with Crippen LogP contribution in [-0.4, -0.2) is 11.3 Å². The second-order valence-corrected chi connectivity index (χ2v) is 2.74. The van der Waals surface area contributed by atoms with E-state index in [2.05, 4.69) is 4.98 Å². The Morgan fingerprint density at radius 1 is 1.54 bits per heavy atom. The molecule has 0 saturated carbocycles. The molecule has 1 rings (SSSR count). The first-order chi connectivity index (χ1) is 6.24. The van der Waals surface area contributed by atoms with Gasteiger partial charge in [0.25, 0.3) is 0 Å². The normalized spacial score (nSPS) is 10.5. The minimum absolute atomic E-state index is 0.413. The molecule has 0 aliphatic rings. The second-order valence-electron chi connectivity index (χ2n) is 2.74. The average molecular weight is 176 g/mol. The zero-order valence-electron chi connectivity index (χ0n) is 7.53. The fraction of sp³-hybridized carbons (Fsp3) is 0.200. The van der Waals surface area contributed by atoms with Gasteiger partial charge in [0.2, 0.25) is 0 Å². The van der Waals surface area contributed by atoms with E-state index >= 15 is 0 Å². The quantitative estimate of drug-likeness (QED) is 0.711. The van der Waals surface area contributed by atoms with E-state index < -0.39 is 0 Å². The van der Waals surface area contributed by atoms with Crippen molar-refractivity contribution in [2.45, 2.75) is 13.3 Å². The summed E-state index contributed by atoms with van der Waals surface area (Å²) in [7, 11) is 0. The number of anilines is 1. The Labute approximate surface area is 77.3 Å². The van der Waals surface area contributed by atoms with Crippen LogP contribution in [0.25, 0.3) is 6.08 Å². The van der Waals surface area contributed by atoms with E-state index in [0.29, 0.717) is 12.2 Å². The topological polar surface area (TPSA) is 56.0 Å². The summed E-state index contributed by atoms with van der Waals surface area (Å²) in [5.41, 5.74) is 7.39. The van der Waals surface area contributed by atoms with Crippen LogP contribution < -0.4 is 5.73 Å². The molecule has 3 heteroatoms. The van der Waals surface area contributed by atoms with E-state index in [-0.39, 0.29) is 0 Å². The molecule has 1 aromatic heterocycles. The molecular weight excluding hydrogens is 164 g/mol. The molecule has 1 heterocycles. The van der Waals surface area contributed by atoms with Gasteiger partial charge < -0.3 is 10.5 Å². The minimum Gasteiger partial charge on any atom is -0.384 e. The number of nitrogen functional groups attached to an aromatic ring is 1. The highest BCUT2D eigenvalue weighted by atomic mass is 16.1. The summed E-state index contributed by atoms with van der Waals surface area (Å²) in [5.74, 6) is 0.497. The third kappa shape index (κ3) is 2.71. The van der Waals surface area contributed by atoms with Crippen molar-refractivity contribution in [2.24, 2.45) is 0 Å². The maximum absolute atomic E-state index is 10.1. The van der Waals surface area contributed by atoms with E-state index in [1.807, 2.05) is 13.0 Å². The highest BCUT2D eigenvalue weighted by molar-refractivity contribution is 5.58.